The van der Waals surface area contributed by atoms with E-state index in [4.69, 9.17) is 0 Å². The summed E-state index contributed by atoms with van der Waals surface area (Å²) in [6.45, 7) is 0. The molecule has 0 amide bonds. The predicted molar refractivity (Wildman–Crippen MR) is 53.0 cm³/mol. The average Bonchev–Trinajstić information content (AvgIpc) is 2.65. The molecule has 0 radical (unpaired) electrons. The van der Waals surface area contributed by atoms with Crippen LogP contribution in [0.3, 0.4) is 0 Å². The molecular formula is C11H9FN2O. The molecule has 1 aromatic heterocycles. The molecule has 2 aromatic rings. The number of ketones is 1. The summed E-state index contributed by atoms with van der Waals surface area (Å²) in [5, 5.41) is 0. The molecule has 1 aromatic carbocycles. The van der Waals surface area contributed by atoms with Crippen LogP contribution in [0.15, 0.2) is 36.7 Å². The molecule has 0 aliphatic rings. The molecule has 76 valence electrons. The molecule has 0 bridgehead atoms. The summed E-state index contributed by atoms with van der Waals surface area (Å²) in [7, 11) is 1.74. The van der Waals surface area contributed by atoms with E-state index in [0.29, 0.717) is 11.4 Å². The van der Waals surface area contributed by atoms with Crippen molar-refractivity contribution in [1.82, 2.24) is 9.55 Å². The molecule has 0 spiro atoms. The molecule has 0 atom stereocenters. The van der Waals surface area contributed by atoms with Gasteiger partial charge in [-0.2, -0.15) is 0 Å². The third-order valence-electron chi connectivity index (χ3n) is 2.13. The first-order chi connectivity index (χ1) is 7.18. The highest BCUT2D eigenvalue weighted by atomic mass is 19.1. The van der Waals surface area contributed by atoms with E-state index in [-0.39, 0.29) is 11.6 Å². The van der Waals surface area contributed by atoms with Crippen molar-refractivity contribution < 1.29 is 9.18 Å². The van der Waals surface area contributed by atoms with Crippen molar-refractivity contribution >= 4 is 5.78 Å². The van der Waals surface area contributed by atoms with Gasteiger partial charge < -0.3 is 4.57 Å². The van der Waals surface area contributed by atoms with Crippen molar-refractivity contribution in [3.8, 4) is 0 Å². The monoisotopic (exact) mass is 204 g/mol. The Balaban J connectivity index is 2.37. The van der Waals surface area contributed by atoms with E-state index in [0.717, 1.165) is 0 Å². The Labute approximate surface area is 86.2 Å². The van der Waals surface area contributed by atoms with Gasteiger partial charge in [-0.05, 0) is 24.3 Å². The van der Waals surface area contributed by atoms with Gasteiger partial charge in [0.15, 0.2) is 5.82 Å². The predicted octanol–water partition coefficient (Wildman–Crippen LogP) is 1.79. The van der Waals surface area contributed by atoms with Crippen molar-refractivity contribution in [3.63, 3.8) is 0 Å². The van der Waals surface area contributed by atoms with E-state index in [2.05, 4.69) is 4.98 Å². The van der Waals surface area contributed by atoms with Gasteiger partial charge in [0, 0.05) is 25.0 Å². The summed E-state index contributed by atoms with van der Waals surface area (Å²) in [5.41, 5.74) is 0.436. The second kappa shape index (κ2) is 3.65. The molecule has 0 saturated carbocycles. The molecule has 0 aliphatic heterocycles. The lowest BCUT2D eigenvalue weighted by atomic mass is 10.1. The topological polar surface area (TPSA) is 34.9 Å². The zero-order valence-electron chi connectivity index (χ0n) is 8.14. The molecule has 0 unspecified atom stereocenters. The molecule has 0 saturated heterocycles. The van der Waals surface area contributed by atoms with Gasteiger partial charge >= 0.3 is 0 Å². The second-order valence-electron chi connectivity index (χ2n) is 3.20. The highest BCUT2D eigenvalue weighted by molar-refractivity contribution is 6.06. The Morgan fingerprint density at radius 1 is 1.33 bits per heavy atom. The number of hydrogen-bond donors (Lipinski definition) is 0. The standard InChI is InChI=1S/C11H9FN2O/c1-14-7-6-13-11(14)10(15)8-2-4-9(12)5-3-8/h2-7H,1H3. The summed E-state index contributed by atoms with van der Waals surface area (Å²) < 4.78 is 14.3. The zero-order valence-corrected chi connectivity index (χ0v) is 8.14. The lowest BCUT2D eigenvalue weighted by Crippen LogP contribution is -2.08. The normalized spacial score (nSPS) is 10.3. The number of carbonyl (C=O) groups is 1. The lowest BCUT2D eigenvalue weighted by Gasteiger charge is -2.00. The molecular weight excluding hydrogens is 195 g/mol. The Hall–Kier alpha value is -1.97. The number of nitrogens with zero attached hydrogens (tertiary/aromatic N) is 2. The van der Waals surface area contributed by atoms with Crippen LogP contribution in [0.5, 0.6) is 0 Å². The van der Waals surface area contributed by atoms with Crippen molar-refractivity contribution in [1.29, 1.82) is 0 Å². The minimum atomic E-state index is -0.355. The number of aryl methyl sites for hydroxylation is 1. The highest BCUT2D eigenvalue weighted by Crippen LogP contribution is 2.08. The maximum absolute atomic E-state index is 12.6. The van der Waals surface area contributed by atoms with E-state index in [9.17, 15) is 9.18 Å². The SMILES string of the molecule is Cn1ccnc1C(=O)c1ccc(F)cc1. The van der Waals surface area contributed by atoms with Gasteiger partial charge in [-0.15, -0.1) is 0 Å². The first-order valence-corrected chi connectivity index (χ1v) is 4.46. The molecule has 3 nitrogen and oxygen atoms in total. The van der Waals surface area contributed by atoms with Crippen molar-refractivity contribution in [2.45, 2.75) is 0 Å². The smallest absolute Gasteiger partial charge is 0.228 e. The van der Waals surface area contributed by atoms with Crippen molar-refractivity contribution in [3.05, 3.63) is 53.9 Å². The molecule has 0 fully saturated rings. The Kier molecular flexibility index (Phi) is 2.33. The van der Waals surface area contributed by atoms with Crippen molar-refractivity contribution in [2.75, 3.05) is 0 Å². The van der Waals surface area contributed by atoms with E-state index in [1.807, 2.05) is 0 Å². The van der Waals surface area contributed by atoms with E-state index >= 15 is 0 Å². The fourth-order valence-electron chi connectivity index (χ4n) is 1.31. The Morgan fingerprint density at radius 2 is 2.00 bits per heavy atom. The zero-order chi connectivity index (χ0) is 10.8. The summed E-state index contributed by atoms with van der Waals surface area (Å²) >= 11 is 0. The molecule has 15 heavy (non-hydrogen) atoms. The minimum Gasteiger partial charge on any atom is -0.331 e. The number of aromatic nitrogens is 2. The summed E-state index contributed by atoms with van der Waals surface area (Å²) in [5.74, 6) is -0.213. The first kappa shape index (κ1) is 9.58. The van der Waals surface area contributed by atoms with Crippen LogP contribution in [-0.2, 0) is 7.05 Å². The van der Waals surface area contributed by atoms with Crippen LogP contribution in [0.4, 0.5) is 4.39 Å². The van der Waals surface area contributed by atoms with Crippen LogP contribution < -0.4 is 0 Å². The molecule has 1 heterocycles. The van der Waals surface area contributed by atoms with Crippen LogP contribution >= 0.6 is 0 Å². The first-order valence-electron chi connectivity index (χ1n) is 4.46. The van der Waals surface area contributed by atoms with Gasteiger partial charge in [-0.1, -0.05) is 0 Å². The van der Waals surface area contributed by atoms with Crippen molar-refractivity contribution in [2.24, 2.45) is 7.05 Å². The van der Waals surface area contributed by atoms with Gasteiger partial charge in [-0.25, -0.2) is 9.37 Å². The summed E-state index contributed by atoms with van der Waals surface area (Å²) in [6, 6.07) is 5.42. The molecule has 2 rings (SSSR count). The van der Waals surface area contributed by atoms with Crippen LogP contribution in [0.25, 0.3) is 0 Å². The van der Waals surface area contributed by atoms with Crippen LogP contribution in [-0.4, -0.2) is 15.3 Å². The second-order valence-corrected chi connectivity index (χ2v) is 3.20. The van der Waals surface area contributed by atoms with E-state index in [1.165, 1.54) is 24.3 Å². The largest absolute Gasteiger partial charge is 0.331 e. The van der Waals surface area contributed by atoms with E-state index in [1.54, 1.807) is 24.0 Å². The fraction of sp³-hybridized carbons (Fsp3) is 0.0909. The van der Waals surface area contributed by atoms with Crippen LogP contribution in [0, 0.1) is 5.82 Å². The maximum atomic E-state index is 12.6. The average molecular weight is 204 g/mol. The number of halogens is 1. The lowest BCUT2D eigenvalue weighted by molar-refractivity contribution is 0.102. The molecule has 0 aliphatic carbocycles. The van der Waals surface area contributed by atoms with Gasteiger partial charge in [-0.3, -0.25) is 4.79 Å². The van der Waals surface area contributed by atoms with E-state index < -0.39 is 0 Å². The van der Waals surface area contributed by atoms with Crippen LogP contribution in [0.1, 0.15) is 16.2 Å². The minimum absolute atomic E-state index is 0.206. The third-order valence-corrected chi connectivity index (χ3v) is 2.13. The van der Waals surface area contributed by atoms with Crippen LogP contribution in [0.2, 0.25) is 0 Å². The summed E-state index contributed by atoms with van der Waals surface area (Å²) in [4.78, 5) is 15.8. The summed E-state index contributed by atoms with van der Waals surface area (Å²) in [6.07, 6.45) is 3.24. The third kappa shape index (κ3) is 1.79. The van der Waals surface area contributed by atoms with Gasteiger partial charge in [0.05, 0.1) is 0 Å². The number of carbonyl (C=O) groups excluding carboxylic acids is 1. The van der Waals surface area contributed by atoms with Gasteiger partial charge in [0.2, 0.25) is 5.78 Å². The maximum Gasteiger partial charge on any atom is 0.228 e. The number of benzene rings is 1. The van der Waals surface area contributed by atoms with Gasteiger partial charge in [0.25, 0.3) is 0 Å². The Morgan fingerprint density at radius 3 is 2.53 bits per heavy atom. The number of imidazole rings is 1. The molecule has 0 N–H and O–H groups in total. The molecule has 4 heteroatoms. The Bertz CT molecular complexity index is 488. The number of hydrogen-bond acceptors (Lipinski definition) is 2. The quantitative estimate of drug-likeness (QED) is 0.699. The fourth-order valence-corrected chi connectivity index (χ4v) is 1.31. The number of rotatable bonds is 2. The highest BCUT2D eigenvalue weighted by Gasteiger charge is 2.12. The van der Waals surface area contributed by atoms with Gasteiger partial charge in [0.1, 0.15) is 5.82 Å².